The SMILES string of the molecule is CC.CC.COCC(C)(C)OCCC(C)(C)Oc1ccc(CC(C(=O)S)N2C(=O)CC(C)C2=O)cc1. The van der Waals surface area contributed by atoms with E-state index in [-0.39, 0.29) is 30.3 Å². The van der Waals surface area contributed by atoms with E-state index < -0.39 is 22.7 Å². The number of nitrogens with zero attached hydrogens (tertiary/aromatic N) is 1. The molecule has 7 nitrogen and oxygen atoms in total. The summed E-state index contributed by atoms with van der Waals surface area (Å²) < 4.78 is 17.2. The van der Waals surface area contributed by atoms with Crippen LogP contribution in [0.15, 0.2) is 24.3 Å². The summed E-state index contributed by atoms with van der Waals surface area (Å²) in [5, 5.41) is -0.501. The van der Waals surface area contributed by atoms with Crippen LogP contribution in [-0.4, -0.2) is 59.4 Å². The average molecular weight is 526 g/mol. The van der Waals surface area contributed by atoms with Crippen molar-refractivity contribution in [1.29, 1.82) is 0 Å². The largest absolute Gasteiger partial charge is 0.488 e. The van der Waals surface area contributed by atoms with Crippen LogP contribution in [0.4, 0.5) is 0 Å². The number of likely N-dealkylation sites (tertiary alicyclic amines) is 1. The van der Waals surface area contributed by atoms with Gasteiger partial charge in [-0.3, -0.25) is 19.3 Å². The van der Waals surface area contributed by atoms with Crippen molar-refractivity contribution >= 4 is 29.6 Å². The smallest absolute Gasteiger partial charge is 0.233 e. The van der Waals surface area contributed by atoms with E-state index in [1.54, 1.807) is 14.0 Å². The number of amides is 2. The highest BCUT2D eigenvalue weighted by Crippen LogP contribution is 2.26. The lowest BCUT2D eigenvalue weighted by atomic mass is 10.0. The summed E-state index contributed by atoms with van der Waals surface area (Å²) in [6, 6.07) is 6.41. The maximum Gasteiger partial charge on any atom is 0.233 e. The topological polar surface area (TPSA) is 82.1 Å². The van der Waals surface area contributed by atoms with Gasteiger partial charge in [0.05, 0.1) is 18.8 Å². The van der Waals surface area contributed by atoms with Crippen molar-refractivity contribution in [2.75, 3.05) is 20.3 Å². The van der Waals surface area contributed by atoms with Gasteiger partial charge in [0.1, 0.15) is 17.4 Å². The number of imide groups is 1. The Bertz CT molecular complexity index is 822. The predicted octanol–water partition coefficient (Wildman–Crippen LogP) is 5.49. The van der Waals surface area contributed by atoms with Crippen LogP contribution in [0.25, 0.3) is 0 Å². The van der Waals surface area contributed by atoms with Crippen LogP contribution in [0.5, 0.6) is 5.75 Å². The number of thiol groups is 1. The Hall–Kier alpha value is -1.90. The second-order valence-electron chi connectivity index (χ2n) is 9.56. The van der Waals surface area contributed by atoms with Crippen molar-refractivity contribution in [1.82, 2.24) is 4.90 Å². The number of carbonyl (C=O) groups is 3. The minimum Gasteiger partial charge on any atom is -0.488 e. The monoisotopic (exact) mass is 525 g/mol. The molecule has 0 aliphatic carbocycles. The van der Waals surface area contributed by atoms with Gasteiger partial charge >= 0.3 is 0 Å². The first-order valence-electron chi connectivity index (χ1n) is 12.8. The van der Waals surface area contributed by atoms with Crippen LogP contribution in [-0.2, 0) is 30.3 Å². The van der Waals surface area contributed by atoms with Crippen molar-refractivity contribution < 1.29 is 28.6 Å². The molecule has 1 saturated heterocycles. The summed E-state index contributed by atoms with van der Waals surface area (Å²) in [6.45, 7) is 18.7. The number of rotatable bonds is 12. The van der Waals surface area contributed by atoms with Gasteiger partial charge in [-0.1, -0.05) is 46.8 Å². The van der Waals surface area contributed by atoms with Crippen molar-refractivity contribution in [2.24, 2.45) is 5.92 Å². The first kappa shape index (κ1) is 34.1. The molecule has 2 rings (SSSR count). The Balaban J connectivity index is 0.00000291. The van der Waals surface area contributed by atoms with Gasteiger partial charge in [-0.25, -0.2) is 0 Å². The Morgan fingerprint density at radius 2 is 1.61 bits per heavy atom. The molecule has 0 aromatic heterocycles. The van der Waals surface area contributed by atoms with E-state index in [9.17, 15) is 14.4 Å². The number of methoxy groups -OCH3 is 1. The molecule has 1 aliphatic rings. The Morgan fingerprint density at radius 1 is 1.06 bits per heavy atom. The van der Waals surface area contributed by atoms with E-state index >= 15 is 0 Å². The molecule has 1 fully saturated rings. The van der Waals surface area contributed by atoms with Crippen LogP contribution >= 0.6 is 12.6 Å². The zero-order valence-corrected chi connectivity index (χ0v) is 24.7. The first-order valence-corrected chi connectivity index (χ1v) is 13.3. The summed E-state index contributed by atoms with van der Waals surface area (Å²) in [6.07, 6.45) is 1.04. The van der Waals surface area contributed by atoms with Crippen molar-refractivity contribution in [2.45, 2.75) is 98.8 Å². The van der Waals surface area contributed by atoms with Gasteiger partial charge in [0.25, 0.3) is 0 Å². The molecule has 2 unspecified atom stereocenters. The van der Waals surface area contributed by atoms with Gasteiger partial charge in [-0.15, -0.1) is 12.6 Å². The highest BCUT2D eigenvalue weighted by atomic mass is 32.1. The molecule has 2 amide bonds. The minimum atomic E-state index is -0.904. The first-order chi connectivity index (χ1) is 16.8. The lowest BCUT2D eigenvalue weighted by molar-refractivity contribution is -0.144. The quantitative estimate of drug-likeness (QED) is 0.287. The number of hydrogen-bond donors (Lipinski definition) is 1. The predicted molar refractivity (Wildman–Crippen MR) is 147 cm³/mol. The van der Waals surface area contributed by atoms with Gasteiger partial charge in [-0.05, 0) is 45.4 Å². The lowest BCUT2D eigenvalue weighted by Crippen LogP contribution is -2.45. The van der Waals surface area contributed by atoms with Crippen LogP contribution in [0.1, 0.15) is 80.7 Å². The zero-order valence-electron chi connectivity index (χ0n) is 23.8. The third-order valence-electron chi connectivity index (χ3n) is 5.44. The van der Waals surface area contributed by atoms with Crippen LogP contribution in [0, 0.1) is 5.92 Å². The van der Waals surface area contributed by atoms with E-state index in [0.717, 1.165) is 10.5 Å². The Labute approximate surface area is 223 Å². The second-order valence-corrected chi connectivity index (χ2v) is 10.0. The maximum absolute atomic E-state index is 12.3. The highest BCUT2D eigenvalue weighted by molar-refractivity contribution is 7.96. The molecule has 0 bridgehead atoms. The van der Waals surface area contributed by atoms with Gasteiger partial charge < -0.3 is 14.2 Å². The molecule has 2 atom stereocenters. The normalized spacial score (nSPS) is 16.5. The Morgan fingerprint density at radius 3 is 2.06 bits per heavy atom. The van der Waals surface area contributed by atoms with Crippen molar-refractivity contribution in [3.8, 4) is 5.75 Å². The molecule has 206 valence electrons. The molecule has 0 radical (unpaired) electrons. The molecule has 0 saturated carbocycles. The number of carbonyl (C=O) groups excluding carboxylic acids is 3. The third kappa shape index (κ3) is 11.0. The fraction of sp³-hybridized carbons (Fsp3) is 0.679. The minimum absolute atomic E-state index is 0.130. The highest BCUT2D eigenvalue weighted by Gasteiger charge is 2.42. The van der Waals surface area contributed by atoms with Gasteiger partial charge in [0.2, 0.25) is 16.9 Å². The molecular weight excluding hydrogens is 478 g/mol. The summed E-state index contributed by atoms with van der Waals surface area (Å²) in [5.41, 5.74) is 0.00894. The summed E-state index contributed by atoms with van der Waals surface area (Å²) >= 11 is 3.92. The standard InChI is InChI=1S/C24H35NO6S.2C2H6/c1-16-13-20(26)25(21(16)27)19(22(28)32)14-17-7-9-18(10-8-17)31-23(2,3)11-12-30-24(4,5)15-29-6;2*1-2/h7-10,16,19H,11-15H2,1-6H3,(H,28,32);2*1-2H3. The zero-order chi connectivity index (χ0) is 28.1. The van der Waals surface area contributed by atoms with E-state index in [2.05, 4.69) is 12.6 Å². The molecule has 1 aromatic rings. The molecular formula is C28H47NO6S. The molecule has 1 heterocycles. The van der Waals surface area contributed by atoms with Crippen molar-refractivity contribution in [3.05, 3.63) is 29.8 Å². The van der Waals surface area contributed by atoms with E-state index in [4.69, 9.17) is 14.2 Å². The fourth-order valence-corrected chi connectivity index (χ4v) is 3.88. The molecule has 1 aliphatic heterocycles. The Kier molecular flexibility index (Phi) is 15.2. The fourth-order valence-electron chi connectivity index (χ4n) is 3.67. The molecule has 0 N–H and O–H groups in total. The molecule has 36 heavy (non-hydrogen) atoms. The van der Waals surface area contributed by atoms with E-state index in [1.165, 1.54) is 0 Å². The number of benzene rings is 1. The van der Waals surface area contributed by atoms with Crippen LogP contribution < -0.4 is 4.74 Å². The molecule has 8 heteroatoms. The number of ether oxygens (including phenoxy) is 3. The van der Waals surface area contributed by atoms with Gasteiger partial charge in [-0.2, -0.15) is 0 Å². The van der Waals surface area contributed by atoms with Crippen molar-refractivity contribution in [3.63, 3.8) is 0 Å². The summed E-state index contributed by atoms with van der Waals surface area (Å²) in [5.74, 6) is -0.363. The molecule has 0 spiro atoms. The van der Waals surface area contributed by atoms with Gasteiger partial charge in [0.15, 0.2) is 0 Å². The lowest BCUT2D eigenvalue weighted by Gasteiger charge is -2.30. The summed E-state index contributed by atoms with van der Waals surface area (Å²) in [4.78, 5) is 37.7. The second kappa shape index (κ2) is 16.0. The average Bonchev–Trinajstić information content (AvgIpc) is 3.06. The number of hydrogen-bond acceptors (Lipinski definition) is 6. The van der Waals surface area contributed by atoms with Crippen LogP contribution in [0.3, 0.4) is 0 Å². The maximum atomic E-state index is 12.3. The third-order valence-corrected chi connectivity index (χ3v) is 5.74. The van der Waals surface area contributed by atoms with Gasteiger partial charge in [0, 0.05) is 32.3 Å². The van der Waals surface area contributed by atoms with Crippen LogP contribution in [0.2, 0.25) is 0 Å². The molecule has 1 aromatic carbocycles. The summed E-state index contributed by atoms with van der Waals surface area (Å²) in [7, 11) is 1.65. The van der Waals surface area contributed by atoms with E-state index in [1.807, 2.05) is 79.7 Å². The van der Waals surface area contributed by atoms with E-state index in [0.29, 0.717) is 25.4 Å².